The molecular formula is C17H15N3O. The summed E-state index contributed by atoms with van der Waals surface area (Å²) in [6, 6.07) is 21.3. The third kappa shape index (κ3) is 3.00. The predicted molar refractivity (Wildman–Crippen MR) is 80.8 cm³/mol. The molecule has 0 atom stereocenters. The average Bonchev–Trinajstić information content (AvgIpc) is 3.09. The van der Waals surface area contributed by atoms with Gasteiger partial charge in [-0.2, -0.15) is 5.10 Å². The highest BCUT2D eigenvalue weighted by atomic mass is 16.2. The van der Waals surface area contributed by atoms with Gasteiger partial charge in [0.15, 0.2) is 0 Å². The number of hydrogen-bond donors (Lipinski definition) is 2. The first-order chi connectivity index (χ1) is 10.3. The minimum atomic E-state index is -0.191. The molecule has 0 aliphatic carbocycles. The molecule has 0 fully saturated rings. The highest BCUT2D eigenvalue weighted by molar-refractivity contribution is 5.92. The van der Waals surface area contributed by atoms with Gasteiger partial charge in [0.05, 0.1) is 6.04 Å². The van der Waals surface area contributed by atoms with Crippen molar-refractivity contribution < 1.29 is 4.79 Å². The maximum absolute atomic E-state index is 12.3. The molecule has 0 spiro atoms. The Balaban J connectivity index is 1.92. The summed E-state index contributed by atoms with van der Waals surface area (Å²) in [7, 11) is 0. The Kier molecular flexibility index (Phi) is 3.78. The summed E-state index contributed by atoms with van der Waals surface area (Å²) < 4.78 is 0. The van der Waals surface area contributed by atoms with E-state index in [4.69, 9.17) is 0 Å². The van der Waals surface area contributed by atoms with Gasteiger partial charge in [0, 0.05) is 6.20 Å². The highest BCUT2D eigenvalue weighted by Gasteiger charge is 2.17. The molecule has 0 unspecified atom stereocenters. The molecule has 1 heterocycles. The van der Waals surface area contributed by atoms with Crippen molar-refractivity contribution in [2.75, 3.05) is 0 Å². The van der Waals surface area contributed by atoms with E-state index in [9.17, 15) is 4.79 Å². The van der Waals surface area contributed by atoms with Crippen LogP contribution in [-0.2, 0) is 0 Å². The molecule has 0 bridgehead atoms. The van der Waals surface area contributed by atoms with Crippen LogP contribution in [0.2, 0.25) is 0 Å². The van der Waals surface area contributed by atoms with Gasteiger partial charge in [-0.25, -0.2) is 0 Å². The molecule has 1 amide bonds. The molecule has 1 aromatic heterocycles. The Hall–Kier alpha value is -2.88. The number of nitrogens with one attached hydrogen (secondary N) is 2. The van der Waals surface area contributed by atoms with E-state index in [1.54, 1.807) is 12.3 Å². The van der Waals surface area contributed by atoms with E-state index in [2.05, 4.69) is 15.5 Å². The van der Waals surface area contributed by atoms with Crippen LogP contribution >= 0.6 is 0 Å². The SMILES string of the molecule is O=C(NC(c1ccccc1)c1ccccc1)c1ccn[nH]1. The number of aromatic nitrogens is 2. The molecule has 2 N–H and O–H groups in total. The number of aromatic amines is 1. The average molecular weight is 277 g/mol. The van der Waals surface area contributed by atoms with E-state index < -0.39 is 0 Å². The Morgan fingerprint density at radius 1 is 0.905 bits per heavy atom. The maximum Gasteiger partial charge on any atom is 0.270 e. The zero-order chi connectivity index (χ0) is 14.5. The summed E-state index contributed by atoms with van der Waals surface area (Å²) in [5.41, 5.74) is 2.53. The molecule has 0 saturated carbocycles. The molecule has 3 rings (SSSR count). The normalized spacial score (nSPS) is 10.5. The maximum atomic E-state index is 12.3. The Morgan fingerprint density at radius 2 is 1.48 bits per heavy atom. The molecule has 0 aliphatic rings. The number of benzene rings is 2. The van der Waals surface area contributed by atoms with Gasteiger partial charge in [-0.05, 0) is 17.2 Å². The molecule has 2 aromatic carbocycles. The van der Waals surface area contributed by atoms with Crippen LogP contribution in [0.15, 0.2) is 72.9 Å². The fourth-order valence-electron chi connectivity index (χ4n) is 2.24. The first-order valence-corrected chi connectivity index (χ1v) is 6.75. The lowest BCUT2D eigenvalue weighted by molar-refractivity contribution is 0.0938. The largest absolute Gasteiger partial charge is 0.340 e. The van der Waals surface area contributed by atoms with Crippen LogP contribution in [0.5, 0.6) is 0 Å². The second-order valence-corrected chi connectivity index (χ2v) is 4.70. The Labute approximate surface area is 122 Å². The third-order valence-electron chi connectivity index (χ3n) is 3.29. The first kappa shape index (κ1) is 13.1. The van der Waals surface area contributed by atoms with Gasteiger partial charge in [-0.15, -0.1) is 0 Å². The van der Waals surface area contributed by atoms with E-state index >= 15 is 0 Å². The second-order valence-electron chi connectivity index (χ2n) is 4.70. The zero-order valence-corrected chi connectivity index (χ0v) is 11.4. The fourth-order valence-corrected chi connectivity index (χ4v) is 2.24. The molecule has 3 aromatic rings. The van der Waals surface area contributed by atoms with Crippen molar-refractivity contribution in [1.29, 1.82) is 0 Å². The van der Waals surface area contributed by atoms with Crippen LogP contribution in [0.3, 0.4) is 0 Å². The van der Waals surface area contributed by atoms with Crippen molar-refractivity contribution in [2.24, 2.45) is 0 Å². The summed E-state index contributed by atoms with van der Waals surface area (Å²) in [6.45, 7) is 0. The first-order valence-electron chi connectivity index (χ1n) is 6.75. The van der Waals surface area contributed by atoms with E-state index in [1.165, 1.54) is 0 Å². The number of nitrogens with zero attached hydrogens (tertiary/aromatic N) is 1. The predicted octanol–water partition coefficient (Wildman–Crippen LogP) is 2.93. The van der Waals surface area contributed by atoms with E-state index in [1.807, 2.05) is 60.7 Å². The Morgan fingerprint density at radius 3 is 1.95 bits per heavy atom. The molecule has 21 heavy (non-hydrogen) atoms. The van der Waals surface area contributed by atoms with Crippen molar-refractivity contribution in [3.8, 4) is 0 Å². The molecule has 0 aliphatic heterocycles. The smallest absolute Gasteiger partial charge is 0.270 e. The molecule has 0 radical (unpaired) electrons. The van der Waals surface area contributed by atoms with Gasteiger partial charge in [-0.3, -0.25) is 9.89 Å². The number of carbonyl (C=O) groups excluding carboxylic acids is 1. The lowest BCUT2D eigenvalue weighted by Gasteiger charge is -2.19. The van der Waals surface area contributed by atoms with Gasteiger partial charge in [0.2, 0.25) is 0 Å². The Bertz CT molecular complexity index is 654. The van der Waals surface area contributed by atoms with Crippen molar-refractivity contribution >= 4 is 5.91 Å². The van der Waals surface area contributed by atoms with Crippen LogP contribution in [0.4, 0.5) is 0 Å². The van der Waals surface area contributed by atoms with Gasteiger partial charge in [-0.1, -0.05) is 60.7 Å². The fraction of sp³-hybridized carbons (Fsp3) is 0.0588. The number of amides is 1. The quantitative estimate of drug-likeness (QED) is 0.770. The number of hydrogen-bond acceptors (Lipinski definition) is 2. The summed E-state index contributed by atoms with van der Waals surface area (Å²) in [5, 5.41) is 9.54. The zero-order valence-electron chi connectivity index (χ0n) is 11.4. The van der Waals surface area contributed by atoms with Gasteiger partial charge < -0.3 is 5.32 Å². The minimum Gasteiger partial charge on any atom is -0.340 e. The summed E-state index contributed by atoms with van der Waals surface area (Å²) >= 11 is 0. The molecular weight excluding hydrogens is 262 g/mol. The van der Waals surface area contributed by atoms with Crippen molar-refractivity contribution in [2.45, 2.75) is 6.04 Å². The number of H-pyrrole nitrogens is 1. The lowest BCUT2D eigenvalue weighted by atomic mass is 9.98. The summed E-state index contributed by atoms with van der Waals surface area (Å²) in [4.78, 5) is 12.3. The molecule has 4 heteroatoms. The molecule has 0 saturated heterocycles. The van der Waals surface area contributed by atoms with Crippen LogP contribution in [0.25, 0.3) is 0 Å². The van der Waals surface area contributed by atoms with E-state index in [0.29, 0.717) is 5.69 Å². The van der Waals surface area contributed by atoms with Crippen LogP contribution < -0.4 is 5.32 Å². The second kappa shape index (κ2) is 6.05. The van der Waals surface area contributed by atoms with Crippen LogP contribution in [0.1, 0.15) is 27.7 Å². The lowest BCUT2D eigenvalue weighted by Crippen LogP contribution is -2.29. The summed E-state index contributed by atoms with van der Waals surface area (Å²) in [6.07, 6.45) is 1.56. The van der Waals surface area contributed by atoms with Gasteiger partial charge in [0.25, 0.3) is 5.91 Å². The minimum absolute atomic E-state index is 0.176. The van der Waals surface area contributed by atoms with Crippen LogP contribution in [-0.4, -0.2) is 16.1 Å². The monoisotopic (exact) mass is 277 g/mol. The van der Waals surface area contributed by atoms with Crippen molar-refractivity contribution in [3.63, 3.8) is 0 Å². The molecule has 104 valence electrons. The van der Waals surface area contributed by atoms with Gasteiger partial charge in [0.1, 0.15) is 5.69 Å². The third-order valence-corrected chi connectivity index (χ3v) is 3.29. The van der Waals surface area contributed by atoms with Crippen molar-refractivity contribution in [1.82, 2.24) is 15.5 Å². The van der Waals surface area contributed by atoms with Crippen molar-refractivity contribution in [3.05, 3.63) is 89.7 Å². The number of rotatable bonds is 4. The standard InChI is InChI=1S/C17H15N3O/c21-17(15-11-12-18-20-15)19-16(13-7-3-1-4-8-13)14-9-5-2-6-10-14/h1-12,16H,(H,18,20)(H,19,21). The molecule has 4 nitrogen and oxygen atoms in total. The van der Waals surface area contributed by atoms with Crippen LogP contribution in [0, 0.1) is 0 Å². The van der Waals surface area contributed by atoms with Gasteiger partial charge >= 0.3 is 0 Å². The topological polar surface area (TPSA) is 57.8 Å². The summed E-state index contributed by atoms with van der Waals surface area (Å²) in [5.74, 6) is -0.176. The van der Waals surface area contributed by atoms with E-state index in [0.717, 1.165) is 11.1 Å². The van der Waals surface area contributed by atoms with E-state index in [-0.39, 0.29) is 11.9 Å². The highest BCUT2D eigenvalue weighted by Crippen LogP contribution is 2.22. The number of carbonyl (C=O) groups is 1.